The molecule has 129 heavy (non-hydrogen) atoms. The summed E-state index contributed by atoms with van der Waals surface area (Å²) in [5.74, 6) is 8.23. The molecule has 0 fully saturated rings. The SMILES string of the molecule is CCC(CC)COc1cccc(C[C@@H](O)CC)c1.CCCC(CCC)COc1cccc(C[C@@H](O)CC)c1.CCCC(CCC)COc1cccc(C[C@H](O)CC)c1.CCCC(O)c1cccc(OCCCCOC)c1.CCCC(O)c1cccc(OCCOC)c1.CCCCCOc1cccc(C(O)CCC)c1.CCCCc1cccc(OCCCc2ccccc2)c1. The summed E-state index contributed by atoms with van der Waals surface area (Å²) in [4.78, 5) is 0. The molecule has 0 bridgehead atoms. The number of methoxy groups -OCH3 is 2. The van der Waals surface area contributed by atoms with Crippen LogP contribution in [0.25, 0.3) is 0 Å². The van der Waals surface area contributed by atoms with E-state index in [1.54, 1.807) is 14.2 Å². The van der Waals surface area contributed by atoms with Crippen molar-refractivity contribution >= 4 is 0 Å². The zero-order chi connectivity index (χ0) is 94.5. The van der Waals surface area contributed by atoms with Crippen LogP contribution >= 0.6 is 0 Å². The van der Waals surface area contributed by atoms with Crippen LogP contribution in [-0.2, 0) is 41.6 Å². The maximum atomic E-state index is 9.91. The fraction of sp³-hybridized carbons (Fsp3) is 0.579. The number of rotatable bonds is 60. The van der Waals surface area contributed by atoms with Crippen molar-refractivity contribution in [3.05, 3.63) is 245 Å². The summed E-state index contributed by atoms with van der Waals surface area (Å²) in [6, 6.07) is 66.6. The first-order valence-corrected chi connectivity index (χ1v) is 49.9. The highest BCUT2D eigenvalue weighted by atomic mass is 16.5. The quantitative estimate of drug-likeness (QED) is 0.0196. The molecule has 3 unspecified atom stereocenters. The Hall–Kier alpha value is -7.96. The van der Waals surface area contributed by atoms with Crippen molar-refractivity contribution in [2.75, 3.05) is 73.7 Å². The van der Waals surface area contributed by atoms with E-state index < -0.39 is 6.10 Å². The van der Waals surface area contributed by atoms with Gasteiger partial charge in [-0.25, -0.2) is 0 Å². The van der Waals surface area contributed by atoms with Crippen LogP contribution in [0.1, 0.15) is 333 Å². The Kier molecular flexibility index (Phi) is 71.4. The maximum Gasteiger partial charge on any atom is 0.119 e. The van der Waals surface area contributed by atoms with Crippen LogP contribution in [0.15, 0.2) is 200 Å². The van der Waals surface area contributed by atoms with Crippen molar-refractivity contribution in [1.82, 2.24) is 0 Å². The molecular weight excluding hydrogens is 1610 g/mol. The average Bonchev–Trinajstić information content (AvgIpc) is 0.899. The number of ether oxygens (including phenoxy) is 9. The lowest BCUT2D eigenvalue weighted by molar-refractivity contribution is 0.145. The van der Waals surface area contributed by atoms with Crippen LogP contribution in [-0.4, -0.2) is 123 Å². The number of aliphatic hydroxyl groups excluding tert-OH is 6. The van der Waals surface area contributed by atoms with Gasteiger partial charge in [-0.15, -0.1) is 0 Å². The molecule has 724 valence electrons. The van der Waals surface area contributed by atoms with Crippen LogP contribution in [0, 0.1) is 17.8 Å². The first kappa shape index (κ1) is 117. The van der Waals surface area contributed by atoms with E-state index in [-0.39, 0.29) is 30.5 Å². The van der Waals surface area contributed by atoms with Crippen molar-refractivity contribution in [3.8, 4) is 40.2 Å². The molecule has 8 aromatic carbocycles. The molecule has 15 heteroatoms. The second-order valence-electron chi connectivity index (χ2n) is 34.0. The lowest BCUT2D eigenvalue weighted by Crippen LogP contribution is -2.12. The van der Waals surface area contributed by atoms with E-state index in [0.29, 0.717) is 56.8 Å². The Bertz CT molecular complexity index is 3780. The van der Waals surface area contributed by atoms with Gasteiger partial charge in [0.05, 0.1) is 82.9 Å². The van der Waals surface area contributed by atoms with Gasteiger partial charge in [-0.2, -0.15) is 0 Å². The van der Waals surface area contributed by atoms with E-state index in [2.05, 4.69) is 155 Å². The number of hydrogen-bond acceptors (Lipinski definition) is 15. The molecule has 0 aliphatic carbocycles. The van der Waals surface area contributed by atoms with Gasteiger partial charge in [0.15, 0.2) is 0 Å². The summed E-state index contributed by atoms with van der Waals surface area (Å²) in [5, 5.41) is 58.7. The monoisotopic (exact) mass is 1790 g/mol. The number of hydrogen-bond donors (Lipinski definition) is 6. The lowest BCUT2D eigenvalue weighted by atomic mass is 9.99. The molecule has 8 aromatic rings. The summed E-state index contributed by atoms with van der Waals surface area (Å²) >= 11 is 0. The van der Waals surface area contributed by atoms with Crippen molar-refractivity contribution < 1.29 is 73.3 Å². The molecule has 8 rings (SSSR count). The molecule has 0 aliphatic heterocycles. The van der Waals surface area contributed by atoms with Gasteiger partial charge in [0, 0.05) is 20.8 Å². The number of unbranched alkanes of at least 4 members (excludes halogenated alkanes) is 4. The highest BCUT2D eigenvalue weighted by Crippen LogP contribution is 2.29. The Labute approximate surface area is 784 Å². The Morgan fingerprint density at radius 2 is 0.512 bits per heavy atom. The van der Waals surface area contributed by atoms with Crippen LogP contribution in [0.2, 0.25) is 0 Å². The molecule has 0 heterocycles. The molecule has 15 nitrogen and oxygen atoms in total. The summed E-state index contributed by atoms with van der Waals surface area (Å²) in [6.45, 7) is 36.5. The molecule has 0 aromatic heterocycles. The lowest BCUT2D eigenvalue weighted by Gasteiger charge is -2.17. The van der Waals surface area contributed by atoms with Crippen LogP contribution in [0.5, 0.6) is 40.2 Å². The molecule has 0 saturated carbocycles. The van der Waals surface area contributed by atoms with Gasteiger partial charge in [0.2, 0.25) is 0 Å². The highest BCUT2D eigenvalue weighted by Gasteiger charge is 2.15. The molecule has 6 N–H and O–H groups in total. The fourth-order valence-corrected chi connectivity index (χ4v) is 14.3. The van der Waals surface area contributed by atoms with Crippen molar-refractivity contribution in [3.63, 3.8) is 0 Å². The largest absolute Gasteiger partial charge is 0.494 e. The first-order valence-electron chi connectivity index (χ1n) is 49.9. The fourth-order valence-electron chi connectivity index (χ4n) is 14.3. The van der Waals surface area contributed by atoms with E-state index in [1.165, 1.54) is 88.2 Å². The molecule has 6 atom stereocenters. The van der Waals surface area contributed by atoms with Gasteiger partial charge in [0.25, 0.3) is 0 Å². The number of aryl methyl sites for hydroxylation is 2. The van der Waals surface area contributed by atoms with Crippen molar-refractivity contribution in [2.45, 2.75) is 339 Å². The first-order chi connectivity index (χ1) is 62.8. The van der Waals surface area contributed by atoms with Gasteiger partial charge < -0.3 is 73.3 Å². The van der Waals surface area contributed by atoms with Gasteiger partial charge in [-0.1, -0.05) is 289 Å². The second kappa shape index (κ2) is 78.7. The van der Waals surface area contributed by atoms with E-state index >= 15 is 0 Å². The average molecular weight is 1790 g/mol. The van der Waals surface area contributed by atoms with Crippen LogP contribution < -0.4 is 33.2 Å². The normalized spacial score (nSPS) is 12.2. The number of aliphatic hydroxyl groups is 6. The Balaban J connectivity index is 0.000000510. The zero-order valence-electron chi connectivity index (χ0n) is 83.1. The minimum absolute atomic E-state index is 0.251. The van der Waals surface area contributed by atoms with Crippen molar-refractivity contribution in [2.24, 2.45) is 17.8 Å². The predicted molar refractivity (Wildman–Crippen MR) is 540 cm³/mol. The highest BCUT2D eigenvalue weighted by molar-refractivity contribution is 5.35. The molecular formula is C114H178O15. The van der Waals surface area contributed by atoms with Gasteiger partial charge in [-0.3, -0.25) is 0 Å². The smallest absolute Gasteiger partial charge is 0.119 e. The van der Waals surface area contributed by atoms with Crippen molar-refractivity contribution in [1.29, 1.82) is 0 Å². The summed E-state index contributed by atoms with van der Waals surface area (Å²) < 4.78 is 50.3. The van der Waals surface area contributed by atoms with E-state index in [4.69, 9.17) is 42.6 Å². The van der Waals surface area contributed by atoms with Crippen LogP contribution in [0.4, 0.5) is 0 Å². The van der Waals surface area contributed by atoms with Gasteiger partial charge >= 0.3 is 0 Å². The minimum Gasteiger partial charge on any atom is -0.494 e. The standard InChI is InChI=1S/C19H24O.2C18H30O2.C16H26O2.C15H24O3.C15H24O2.C13H20O3/c1-2-3-9-18-12-7-14-19(16-18)20-15-8-13-17-10-5-4-6-11-17;2*1-4-8-15(9-5-2)14-20-18-11-7-10-16(13-18)12-17(19)6-3;1-4-13(5-2)12-18-16-9-7-8-14(11-16)10-15(17)6-3;1-3-7-15(16)13-8-6-9-14(12-13)18-11-5-4-10-17-2;1-3-5-6-11-17-14-10-7-9-13(12-14)15(16)8-4-2;1-3-5-13(14)11-6-4-7-12(10-11)16-9-8-15-2/h4-7,10-12,14,16H,2-3,8-9,13,15H2,1H3;2*7,10-11,13,15,17,19H,4-6,8-9,12,14H2,1-3H3;7-9,11,13,15,17H,4-6,10,12H2,1-3H3;6,8-9,12,15-16H,3-5,7,10-11H2,1-2H3;7,9-10,12,15-16H,3-6,8,11H2,1-2H3;4,6-7,10,13-14H,3,5,8-9H2,1-2H3/t;2*17-;15-;;;/m.100.../s1. The van der Waals surface area contributed by atoms with E-state index in [0.717, 1.165) is 222 Å². The topological polar surface area (TPSA) is 204 Å². The third-order valence-corrected chi connectivity index (χ3v) is 22.4. The third kappa shape index (κ3) is 58.5. The molecule has 0 aliphatic rings. The summed E-state index contributed by atoms with van der Waals surface area (Å²) in [6.07, 6.45) is 31.3. The Morgan fingerprint density at radius 1 is 0.225 bits per heavy atom. The van der Waals surface area contributed by atoms with Crippen LogP contribution in [0.3, 0.4) is 0 Å². The molecule has 0 spiro atoms. The van der Waals surface area contributed by atoms with Gasteiger partial charge in [0.1, 0.15) is 46.9 Å². The van der Waals surface area contributed by atoms with E-state index in [9.17, 15) is 30.6 Å². The predicted octanol–water partition coefficient (Wildman–Crippen LogP) is 28.0. The molecule has 0 saturated heterocycles. The number of benzene rings is 8. The molecule has 0 amide bonds. The Morgan fingerprint density at radius 3 is 0.853 bits per heavy atom. The summed E-state index contributed by atoms with van der Waals surface area (Å²) in [7, 11) is 3.35. The minimum atomic E-state index is -0.393. The third-order valence-electron chi connectivity index (χ3n) is 22.4. The maximum absolute atomic E-state index is 9.91. The zero-order valence-corrected chi connectivity index (χ0v) is 83.1. The summed E-state index contributed by atoms with van der Waals surface area (Å²) in [5.41, 5.74) is 9.02. The van der Waals surface area contributed by atoms with E-state index in [1.807, 2.05) is 142 Å². The van der Waals surface area contributed by atoms with Gasteiger partial charge in [-0.05, 0) is 276 Å². The molecule has 0 radical (unpaired) electrons. The second-order valence-corrected chi connectivity index (χ2v) is 34.0.